The molecule has 0 fully saturated rings. The first-order valence-electron chi connectivity index (χ1n) is 6.74. The van der Waals surface area contributed by atoms with Crippen LogP contribution in [0.5, 0.6) is 0 Å². The highest BCUT2D eigenvalue weighted by Crippen LogP contribution is 2.19. The number of fused-ring (bicyclic) bond motifs is 1. The van der Waals surface area contributed by atoms with Gasteiger partial charge in [-0.25, -0.2) is 9.97 Å². The van der Waals surface area contributed by atoms with Gasteiger partial charge in [0.2, 0.25) is 0 Å². The third-order valence-corrected chi connectivity index (χ3v) is 3.66. The van der Waals surface area contributed by atoms with Gasteiger partial charge in [0, 0.05) is 43.4 Å². The molecule has 108 valence electrons. The molecule has 6 heteroatoms. The maximum absolute atomic E-state index is 5.98. The molecule has 0 amide bonds. The molecular weight excluding hydrogens is 307 g/mol. The topological polar surface area (TPSA) is 43.6 Å². The number of aryl methyl sites for hydroxylation is 3. The molecule has 0 aliphatic rings. The largest absolute Gasteiger partial charge is 0.312 e. The minimum absolute atomic E-state index is 0.528. The third kappa shape index (κ3) is 3.17. The number of imidazole rings is 1. The average Bonchev–Trinajstić information content (AvgIpc) is 2.83. The SMILES string of the molecule is ClCCc1nc2cc(Cl)cnc2n1CCc1ccccn1. The van der Waals surface area contributed by atoms with Crippen LogP contribution in [-0.4, -0.2) is 25.4 Å². The van der Waals surface area contributed by atoms with Crippen LogP contribution in [-0.2, 0) is 19.4 Å². The van der Waals surface area contributed by atoms with Crippen molar-refractivity contribution in [1.29, 1.82) is 0 Å². The second kappa shape index (κ2) is 6.41. The predicted molar refractivity (Wildman–Crippen MR) is 84.9 cm³/mol. The molecule has 4 nitrogen and oxygen atoms in total. The van der Waals surface area contributed by atoms with Gasteiger partial charge in [-0.1, -0.05) is 17.7 Å². The van der Waals surface area contributed by atoms with E-state index in [0.717, 1.165) is 35.6 Å². The van der Waals surface area contributed by atoms with Crippen molar-refractivity contribution in [2.45, 2.75) is 19.4 Å². The van der Waals surface area contributed by atoms with Crippen molar-refractivity contribution < 1.29 is 0 Å². The summed E-state index contributed by atoms with van der Waals surface area (Å²) in [6.07, 6.45) is 4.98. The van der Waals surface area contributed by atoms with Gasteiger partial charge < -0.3 is 4.57 Å². The van der Waals surface area contributed by atoms with E-state index >= 15 is 0 Å². The zero-order valence-electron chi connectivity index (χ0n) is 11.3. The lowest BCUT2D eigenvalue weighted by Gasteiger charge is -2.07. The Hall–Kier alpha value is -1.65. The smallest absolute Gasteiger partial charge is 0.160 e. The zero-order valence-corrected chi connectivity index (χ0v) is 12.8. The molecule has 0 bridgehead atoms. The Labute approximate surface area is 132 Å². The number of pyridine rings is 2. The zero-order chi connectivity index (χ0) is 14.7. The fourth-order valence-electron chi connectivity index (χ4n) is 2.32. The van der Waals surface area contributed by atoms with Crippen LogP contribution >= 0.6 is 23.2 Å². The molecule has 0 saturated heterocycles. The van der Waals surface area contributed by atoms with Crippen LogP contribution in [0.3, 0.4) is 0 Å². The van der Waals surface area contributed by atoms with Crippen LogP contribution in [0.2, 0.25) is 5.02 Å². The molecule has 0 unspecified atom stereocenters. The minimum Gasteiger partial charge on any atom is -0.312 e. The Morgan fingerprint density at radius 1 is 1.14 bits per heavy atom. The van der Waals surface area contributed by atoms with E-state index in [0.29, 0.717) is 17.3 Å². The number of nitrogens with zero attached hydrogens (tertiary/aromatic N) is 4. The first kappa shape index (κ1) is 14.3. The van der Waals surface area contributed by atoms with Gasteiger partial charge in [-0.2, -0.15) is 0 Å². The third-order valence-electron chi connectivity index (χ3n) is 3.27. The summed E-state index contributed by atoms with van der Waals surface area (Å²) in [5.74, 6) is 1.46. The van der Waals surface area contributed by atoms with Crippen molar-refractivity contribution in [3.63, 3.8) is 0 Å². The van der Waals surface area contributed by atoms with Crippen LogP contribution in [0.4, 0.5) is 0 Å². The molecular formula is C15H14Cl2N4. The maximum Gasteiger partial charge on any atom is 0.160 e. The van der Waals surface area contributed by atoms with Crippen molar-refractivity contribution in [2.24, 2.45) is 0 Å². The summed E-state index contributed by atoms with van der Waals surface area (Å²) < 4.78 is 2.10. The van der Waals surface area contributed by atoms with E-state index in [1.54, 1.807) is 12.4 Å². The standard InChI is InChI=1S/C15H14Cl2N4/c16-6-4-14-20-13-9-11(17)10-19-15(13)21(14)8-5-12-3-1-2-7-18-12/h1-3,7,9-10H,4-6,8H2. The second-order valence-corrected chi connectivity index (χ2v) is 5.50. The normalized spacial score (nSPS) is 11.1. The highest BCUT2D eigenvalue weighted by Gasteiger charge is 2.12. The minimum atomic E-state index is 0.528. The van der Waals surface area contributed by atoms with Crippen molar-refractivity contribution in [2.75, 3.05) is 5.88 Å². The van der Waals surface area contributed by atoms with Gasteiger partial charge in [0.1, 0.15) is 11.3 Å². The van der Waals surface area contributed by atoms with E-state index in [9.17, 15) is 0 Å². The van der Waals surface area contributed by atoms with Gasteiger partial charge in [-0.3, -0.25) is 4.98 Å². The summed E-state index contributed by atoms with van der Waals surface area (Å²) >= 11 is 11.9. The number of rotatable bonds is 5. The first-order valence-corrected chi connectivity index (χ1v) is 7.65. The molecule has 0 saturated carbocycles. The molecule has 21 heavy (non-hydrogen) atoms. The molecule has 3 aromatic rings. The molecule has 0 aliphatic heterocycles. The van der Waals surface area contributed by atoms with Crippen LogP contribution in [0.25, 0.3) is 11.2 Å². The lowest BCUT2D eigenvalue weighted by Crippen LogP contribution is -2.08. The van der Waals surface area contributed by atoms with Gasteiger partial charge in [-0.05, 0) is 18.2 Å². The average molecular weight is 321 g/mol. The monoisotopic (exact) mass is 320 g/mol. The van der Waals surface area contributed by atoms with Crippen LogP contribution in [0, 0.1) is 0 Å². The molecule has 3 aromatic heterocycles. The number of halogens is 2. The van der Waals surface area contributed by atoms with E-state index < -0.39 is 0 Å². The summed E-state index contributed by atoms with van der Waals surface area (Å²) in [7, 11) is 0. The summed E-state index contributed by atoms with van der Waals surface area (Å²) in [4.78, 5) is 13.3. The van der Waals surface area contributed by atoms with Crippen molar-refractivity contribution in [3.8, 4) is 0 Å². The quantitative estimate of drug-likeness (QED) is 0.676. The van der Waals surface area contributed by atoms with E-state index in [4.69, 9.17) is 23.2 Å². The molecule has 0 N–H and O–H groups in total. The molecule has 0 atom stereocenters. The van der Waals surface area contributed by atoms with E-state index in [1.165, 1.54) is 0 Å². The van der Waals surface area contributed by atoms with Gasteiger partial charge in [0.15, 0.2) is 5.65 Å². The van der Waals surface area contributed by atoms with Crippen LogP contribution in [0.15, 0.2) is 36.7 Å². The second-order valence-electron chi connectivity index (χ2n) is 4.69. The first-order chi connectivity index (χ1) is 10.3. The van der Waals surface area contributed by atoms with E-state index in [-0.39, 0.29) is 0 Å². The Morgan fingerprint density at radius 3 is 2.81 bits per heavy atom. The van der Waals surface area contributed by atoms with E-state index in [1.807, 2.05) is 24.3 Å². The molecule has 3 heterocycles. The van der Waals surface area contributed by atoms with Gasteiger partial charge >= 0.3 is 0 Å². The van der Waals surface area contributed by atoms with E-state index in [2.05, 4.69) is 19.5 Å². The molecule has 0 radical (unpaired) electrons. The Balaban J connectivity index is 1.93. The van der Waals surface area contributed by atoms with Crippen LogP contribution in [0.1, 0.15) is 11.5 Å². The summed E-state index contributed by atoms with van der Waals surface area (Å²) in [6, 6.07) is 7.76. The van der Waals surface area contributed by atoms with Gasteiger partial charge in [0.05, 0.1) is 5.02 Å². The maximum atomic E-state index is 5.98. The van der Waals surface area contributed by atoms with Crippen molar-refractivity contribution in [1.82, 2.24) is 19.5 Å². The number of hydrogen-bond acceptors (Lipinski definition) is 3. The van der Waals surface area contributed by atoms with Gasteiger partial charge in [-0.15, -0.1) is 11.6 Å². The molecule has 0 aromatic carbocycles. The number of aromatic nitrogens is 4. The highest BCUT2D eigenvalue weighted by molar-refractivity contribution is 6.31. The predicted octanol–water partition coefficient (Wildman–Crippen LogP) is 3.50. The van der Waals surface area contributed by atoms with Gasteiger partial charge in [0.25, 0.3) is 0 Å². The summed E-state index contributed by atoms with van der Waals surface area (Å²) in [5, 5.41) is 0.592. The summed E-state index contributed by atoms with van der Waals surface area (Å²) in [6.45, 7) is 0.772. The Kier molecular flexibility index (Phi) is 4.36. The fraction of sp³-hybridized carbons (Fsp3) is 0.267. The lowest BCUT2D eigenvalue weighted by atomic mass is 10.2. The molecule has 3 rings (SSSR count). The Bertz CT molecular complexity index is 740. The highest BCUT2D eigenvalue weighted by atomic mass is 35.5. The van der Waals surface area contributed by atoms with Crippen LogP contribution < -0.4 is 0 Å². The molecule has 0 spiro atoms. The fourth-order valence-corrected chi connectivity index (χ4v) is 2.64. The molecule has 0 aliphatic carbocycles. The van der Waals surface area contributed by atoms with Crippen molar-refractivity contribution in [3.05, 3.63) is 53.2 Å². The Morgan fingerprint density at radius 2 is 2.05 bits per heavy atom. The summed E-state index contributed by atoms with van der Waals surface area (Å²) in [5.41, 5.74) is 2.70. The lowest BCUT2D eigenvalue weighted by molar-refractivity contribution is 0.661. The number of hydrogen-bond donors (Lipinski definition) is 0. The number of alkyl halides is 1. The van der Waals surface area contributed by atoms with Crippen molar-refractivity contribution >= 4 is 34.4 Å².